The molecule has 0 radical (unpaired) electrons. The Labute approximate surface area is 181 Å². The summed E-state index contributed by atoms with van der Waals surface area (Å²) in [5.74, 6) is 0.252. The fourth-order valence-corrected chi connectivity index (χ4v) is 7.20. The first kappa shape index (κ1) is 21.3. The maximum atomic E-state index is 12.0. The van der Waals surface area contributed by atoms with Crippen LogP contribution in [0, 0.1) is 0 Å². The molecule has 6 nitrogen and oxygen atoms in total. The van der Waals surface area contributed by atoms with Gasteiger partial charge in [-0.3, -0.25) is 4.68 Å². The van der Waals surface area contributed by atoms with Gasteiger partial charge < -0.3 is 10.1 Å². The van der Waals surface area contributed by atoms with Crippen LogP contribution in [0.4, 0.5) is 0 Å². The number of thiophene rings is 1. The molecule has 1 N–H and O–H groups in total. The lowest BCUT2D eigenvalue weighted by atomic mass is 9.78. The summed E-state index contributed by atoms with van der Waals surface area (Å²) in [7, 11) is -3.05. The molecule has 2 aliphatic rings. The van der Waals surface area contributed by atoms with E-state index in [-0.39, 0.29) is 35.2 Å². The fraction of sp³-hybridized carbons (Fsp3) is 0.650. The number of fused-ring (bicyclic) bond motifs is 2. The minimum absolute atomic E-state index is 0.0920. The van der Waals surface area contributed by atoms with E-state index in [1.54, 1.807) is 22.9 Å². The quantitative estimate of drug-likeness (QED) is 0.737. The van der Waals surface area contributed by atoms with Crippen molar-refractivity contribution in [3.63, 3.8) is 0 Å². The number of sulfone groups is 1. The van der Waals surface area contributed by atoms with E-state index in [1.165, 1.54) is 10.4 Å². The van der Waals surface area contributed by atoms with Crippen molar-refractivity contribution in [3.05, 3.63) is 38.8 Å². The standard InChI is InChI=1S/C20H28ClN3O3S2/c1-4-29(25,26)12-14(3)24-11-16(10-22-24)17-9-20(8-13(2)23-17)19-15(5-6-27-20)7-18(21)28-19/h7,10-11,13-14,17,23H,4-6,8-9,12H2,1-3H3/t13-,14?,17-,20-/m0/s1. The third-order valence-electron chi connectivity index (χ3n) is 6.01. The molecular weight excluding hydrogens is 430 g/mol. The van der Waals surface area contributed by atoms with Crippen molar-refractivity contribution in [2.45, 2.75) is 63.8 Å². The Kier molecular flexibility index (Phi) is 5.85. The topological polar surface area (TPSA) is 73.2 Å². The third-order valence-corrected chi connectivity index (χ3v) is 9.37. The van der Waals surface area contributed by atoms with Crippen LogP contribution in [-0.2, 0) is 26.6 Å². The lowest BCUT2D eigenvalue weighted by Crippen LogP contribution is -2.49. The van der Waals surface area contributed by atoms with Crippen molar-refractivity contribution < 1.29 is 13.2 Å². The number of nitrogens with zero attached hydrogens (tertiary/aromatic N) is 2. The van der Waals surface area contributed by atoms with Gasteiger partial charge in [0.05, 0.1) is 28.9 Å². The molecule has 2 aromatic rings. The van der Waals surface area contributed by atoms with Crippen LogP contribution in [0.3, 0.4) is 0 Å². The van der Waals surface area contributed by atoms with E-state index < -0.39 is 9.84 Å². The summed E-state index contributed by atoms with van der Waals surface area (Å²) >= 11 is 7.97. The summed E-state index contributed by atoms with van der Waals surface area (Å²) in [6.07, 6.45) is 6.46. The zero-order valence-electron chi connectivity index (χ0n) is 17.0. The first-order valence-corrected chi connectivity index (χ1v) is 13.2. The summed E-state index contributed by atoms with van der Waals surface area (Å²) in [5.41, 5.74) is 2.06. The first-order valence-electron chi connectivity index (χ1n) is 10.1. The Morgan fingerprint density at radius 1 is 1.48 bits per heavy atom. The zero-order valence-corrected chi connectivity index (χ0v) is 19.4. The molecule has 2 aromatic heterocycles. The molecule has 0 aliphatic carbocycles. The Morgan fingerprint density at radius 3 is 3.03 bits per heavy atom. The summed E-state index contributed by atoms with van der Waals surface area (Å²) in [6.45, 7) is 6.47. The molecule has 4 heterocycles. The molecule has 9 heteroatoms. The average molecular weight is 458 g/mol. The molecule has 1 fully saturated rings. The molecule has 2 aliphatic heterocycles. The Hall–Kier alpha value is -0.930. The van der Waals surface area contributed by atoms with Gasteiger partial charge in [-0.2, -0.15) is 5.10 Å². The van der Waals surface area contributed by atoms with Crippen LogP contribution in [0.1, 0.15) is 61.7 Å². The Bertz CT molecular complexity index is 987. The number of hydrogen-bond donors (Lipinski definition) is 1. The van der Waals surface area contributed by atoms with Gasteiger partial charge in [-0.25, -0.2) is 8.42 Å². The van der Waals surface area contributed by atoms with Crippen LogP contribution in [0.2, 0.25) is 4.34 Å². The molecular formula is C20H28ClN3O3S2. The summed E-state index contributed by atoms with van der Waals surface area (Å²) in [6, 6.07) is 2.26. The molecule has 0 amide bonds. The third kappa shape index (κ3) is 4.28. The highest BCUT2D eigenvalue weighted by atomic mass is 35.5. The maximum Gasteiger partial charge on any atom is 0.152 e. The van der Waals surface area contributed by atoms with Crippen LogP contribution in [0.5, 0.6) is 0 Å². The van der Waals surface area contributed by atoms with E-state index >= 15 is 0 Å². The number of nitrogens with one attached hydrogen (secondary N) is 1. The molecule has 0 aromatic carbocycles. The predicted octanol–water partition coefficient (Wildman–Crippen LogP) is 3.87. The number of halogens is 1. The van der Waals surface area contributed by atoms with Gasteiger partial charge in [0.25, 0.3) is 0 Å². The van der Waals surface area contributed by atoms with Crippen molar-refractivity contribution in [2.24, 2.45) is 0 Å². The molecule has 1 unspecified atom stereocenters. The van der Waals surface area contributed by atoms with Crippen LogP contribution < -0.4 is 5.32 Å². The van der Waals surface area contributed by atoms with Gasteiger partial charge in [-0.15, -0.1) is 11.3 Å². The number of ether oxygens (including phenoxy) is 1. The van der Waals surface area contributed by atoms with Crippen molar-refractivity contribution >= 4 is 32.8 Å². The highest BCUT2D eigenvalue weighted by molar-refractivity contribution is 7.91. The van der Waals surface area contributed by atoms with Gasteiger partial charge in [0.1, 0.15) is 5.60 Å². The summed E-state index contributed by atoms with van der Waals surface area (Å²) in [4.78, 5) is 1.27. The van der Waals surface area contributed by atoms with Crippen LogP contribution >= 0.6 is 22.9 Å². The Balaban J connectivity index is 1.58. The van der Waals surface area contributed by atoms with E-state index in [0.29, 0.717) is 6.61 Å². The van der Waals surface area contributed by atoms with Crippen molar-refractivity contribution in [1.29, 1.82) is 0 Å². The number of aromatic nitrogens is 2. The molecule has 4 atom stereocenters. The number of piperidine rings is 1. The van der Waals surface area contributed by atoms with E-state index in [1.807, 2.05) is 19.3 Å². The van der Waals surface area contributed by atoms with Crippen molar-refractivity contribution in [3.8, 4) is 0 Å². The minimum atomic E-state index is -3.05. The highest BCUT2D eigenvalue weighted by Crippen LogP contribution is 2.49. The smallest absolute Gasteiger partial charge is 0.152 e. The van der Waals surface area contributed by atoms with E-state index in [0.717, 1.165) is 29.2 Å². The largest absolute Gasteiger partial charge is 0.369 e. The van der Waals surface area contributed by atoms with Gasteiger partial charge >= 0.3 is 0 Å². The molecule has 29 heavy (non-hydrogen) atoms. The molecule has 1 saturated heterocycles. The predicted molar refractivity (Wildman–Crippen MR) is 117 cm³/mol. The van der Waals surface area contributed by atoms with E-state index in [9.17, 15) is 8.42 Å². The first-order chi connectivity index (χ1) is 13.7. The Morgan fingerprint density at radius 2 is 2.28 bits per heavy atom. The van der Waals surface area contributed by atoms with Gasteiger partial charge in [0.2, 0.25) is 0 Å². The van der Waals surface area contributed by atoms with E-state index in [2.05, 4.69) is 23.4 Å². The zero-order chi connectivity index (χ0) is 20.8. The van der Waals surface area contributed by atoms with Crippen LogP contribution in [0.25, 0.3) is 0 Å². The maximum absolute atomic E-state index is 12.0. The van der Waals surface area contributed by atoms with E-state index in [4.69, 9.17) is 16.3 Å². The van der Waals surface area contributed by atoms with Gasteiger partial charge in [-0.1, -0.05) is 18.5 Å². The van der Waals surface area contributed by atoms with Crippen molar-refractivity contribution in [1.82, 2.24) is 15.1 Å². The summed E-state index contributed by atoms with van der Waals surface area (Å²) < 4.78 is 33.0. The molecule has 1 spiro atoms. The second-order valence-corrected chi connectivity index (χ2v) is 12.4. The molecule has 0 saturated carbocycles. The monoisotopic (exact) mass is 457 g/mol. The fourth-order valence-electron chi connectivity index (χ4n) is 4.61. The van der Waals surface area contributed by atoms with Gasteiger partial charge in [0.15, 0.2) is 9.84 Å². The molecule has 4 rings (SSSR count). The van der Waals surface area contributed by atoms with Crippen molar-refractivity contribution in [2.75, 3.05) is 18.1 Å². The lowest BCUT2D eigenvalue weighted by molar-refractivity contribution is -0.0954. The van der Waals surface area contributed by atoms with Gasteiger partial charge in [-0.05, 0) is 38.3 Å². The van der Waals surface area contributed by atoms with Gasteiger partial charge in [0, 0.05) is 40.9 Å². The molecule has 0 bridgehead atoms. The second-order valence-electron chi connectivity index (χ2n) is 8.33. The normalized spacial score (nSPS) is 28.4. The summed E-state index contributed by atoms with van der Waals surface area (Å²) in [5, 5.41) is 8.14. The SMILES string of the molecule is CCS(=O)(=O)CC(C)n1cc([C@@H]2C[C@]3(C[C@H](C)N2)OCCc2cc(Cl)sc23)cn1. The highest BCUT2D eigenvalue weighted by Gasteiger charge is 2.46. The molecule has 160 valence electrons. The second kappa shape index (κ2) is 7.96. The number of rotatable bonds is 5. The lowest BCUT2D eigenvalue weighted by Gasteiger charge is -2.46. The average Bonchev–Trinajstić information content (AvgIpc) is 3.28. The van der Waals surface area contributed by atoms with Crippen LogP contribution in [0.15, 0.2) is 18.5 Å². The minimum Gasteiger partial charge on any atom is -0.369 e. The van der Waals surface area contributed by atoms with Crippen LogP contribution in [-0.4, -0.2) is 42.4 Å². The number of hydrogen-bond acceptors (Lipinski definition) is 6.